The molecular weight excluding hydrogens is 396 g/mol. The number of rotatable bonds is 6. The fraction of sp³-hybridized carbons (Fsp3) is 0.840. The summed E-state index contributed by atoms with van der Waals surface area (Å²) in [5, 5.41) is 8.68. The molecule has 0 bridgehead atoms. The van der Waals surface area contributed by atoms with Crippen LogP contribution < -0.4 is 0 Å². The number of ether oxygens (including phenoxy) is 1. The summed E-state index contributed by atoms with van der Waals surface area (Å²) in [6.07, 6.45) is 8.41. The van der Waals surface area contributed by atoms with E-state index in [0.717, 1.165) is 51.4 Å². The van der Waals surface area contributed by atoms with Crippen molar-refractivity contribution in [3.05, 3.63) is 0 Å². The molecule has 172 valence electrons. The summed E-state index contributed by atoms with van der Waals surface area (Å²) in [5.41, 5.74) is 0.222. The molecule has 4 aliphatic rings. The zero-order chi connectivity index (χ0) is 22.4. The fourth-order valence-corrected chi connectivity index (χ4v) is 8.11. The third kappa shape index (κ3) is 3.95. The first-order valence-corrected chi connectivity index (χ1v) is 12.1. The van der Waals surface area contributed by atoms with Crippen molar-refractivity contribution < 1.29 is 29.0 Å². The highest BCUT2D eigenvalue weighted by Crippen LogP contribution is 2.67. The van der Waals surface area contributed by atoms with Crippen molar-refractivity contribution in [2.45, 2.75) is 84.5 Å². The molecule has 0 aliphatic heterocycles. The van der Waals surface area contributed by atoms with Crippen LogP contribution in [0.4, 0.5) is 0 Å². The largest absolute Gasteiger partial charge is 0.481 e. The first kappa shape index (κ1) is 22.5. The van der Waals surface area contributed by atoms with Crippen molar-refractivity contribution >= 4 is 23.5 Å². The summed E-state index contributed by atoms with van der Waals surface area (Å²) in [5.74, 6) is 1.03. The second-order valence-electron chi connectivity index (χ2n) is 11.1. The maximum atomic E-state index is 13.0. The zero-order valence-electron chi connectivity index (χ0n) is 18.9. The Hall–Kier alpha value is -1.72. The van der Waals surface area contributed by atoms with Crippen molar-refractivity contribution in [2.75, 3.05) is 6.61 Å². The number of hydrogen-bond acceptors (Lipinski definition) is 5. The predicted octanol–water partition coefficient (Wildman–Crippen LogP) is 4.19. The number of ketones is 2. The van der Waals surface area contributed by atoms with Crippen LogP contribution in [-0.4, -0.2) is 35.2 Å². The van der Waals surface area contributed by atoms with Gasteiger partial charge in [-0.15, -0.1) is 0 Å². The molecule has 0 heterocycles. The lowest BCUT2D eigenvalue weighted by atomic mass is 9.44. The van der Waals surface area contributed by atoms with E-state index in [1.807, 2.05) is 0 Å². The van der Waals surface area contributed by atoms with E-state index >= 15 is 0 Å². The van der Waals surface area contributed by atoms with Crippen LogP contribution in [0.25, 0.3) is 0 Å². The Morgan fingerprint density at radius 2 is 1.71 bits per heavy atom. The van der Waals surface area contributed by atoms with Gasteiger partial charge in [-0.25, -0.2) is 0 Å². The Bertz CT molecular complexity index is 774. The van der Waals surface area contributed by atoms with Gasteiger partial charge in [0.25, 0.3) is 0 Å². The van der Waals surface area contributed by atoms with Gasteiger partial charge in [0.2, 0.25) is 0 Å². The lowest BCUT2D eigenvalue weighted by Gasteiger charge is -2.60. The van der Waals surface area contributed by atoms with Gasteiger partial charge in [-0.05, 0) is 79.4 Å². The Morgan fingerprint density at radius 3 is 2.45 bits per heavy atom. The normalized spacial score (nSPS) is 41.6. The number of carbonyl (C=O) groups excluding carboxylic acids is 3. The van der Waals surface area contributed by atoms with Gasteiger partial charge >= 0.3 is 11.9 Å². The Kier molecular flexibility index (Phi) is 6.04. The van der Waals surface area contributed by atoms with Crippen LogP contribution in [0.5, 0.6) is 0 Å². The highest BCUT2D eigenvalue weighted by atomic mass is 16.5. The first-order valence-electron chi connectivity index (χ1n) is 12.1. The summed E-state index contributed by atoms with van der Waals surface area (Å²) >= 11 is 0. The van der Waals surface area contributed by atoms with E-state index in [1.54, 1.807) is 0 Å². The van der Waals surface area contributed by atoms with Gasteiger partial charge in [-0.2, -0.15) is 0 Å². The average molecular weight is 433 g/mol. The average Bonchev–Trinajstić information content (AvgIpc) is 3.08. The Labute approximate surface area is 184 Å². The Balaban J connectivity index is 1.41. The van der Waals surface area contributed by atoms with Crippen molar-refractivity contribution in [3.63, 3.8) is 0 Å². The summed E-state index contributed by atoms with van der Waals surface area (Å²) in [4.78, 5) is 47.4. The molecule has 0 saturated heterocycles. The van der Waals surface area contributed by atoms with Gasteiger partial charge in [-0.1, -0.05) is 13.8 Å². The predicted molar refractivity (Wildman–Crippen MR) is 113 cm³/mol. The molecule has 6 heteroatoms. The third-order valence-corrected chi connectivity index (χ3v) is 9.79. The molecule has 0 unspecified atom stereocenters. The fourth-order valence-electron chi connectivity index (χ4n) is 8.11. The maximum Gasteiger partial charge on any atom is 0.306 e. The van der Waals surface area contributed by atoms with Gasteiger partial charge in [0.15, 0.2) is 5.78 Å². The monoisotopic (exact) mass is 432 g/mol. The van der Waals surface area contributed by atoms with Gasteiger partial charge in [0.05, 0.1) is 12.8 Å². The number of carboxylic acids is 1. The molecule has 4 aliphatic carbocycles. The third-order valence-electron chi connectivity index (χ3n) is 9.79. The molecule has 1 N–H and O–H groups in total. The van der Waals surface area contributed by atoms with E-state index in [4.69, 9.17) is 9.84 Å². The molecule has 0 spiro atoms. The maximum absolute atomic E-state index is 13.0. The minimum absolute atomic E-state index is 0.00437. The van der Waals surface area contributed by atoms with Crippen molar-refractivity contribution in [1.82, 2.24) is 0 Å². The molecule has 0 amide bonds. The van der Waals surface area contributed by atoms with Gasteiger partial charge in [0, 0.05) is 18.8 Å². The molecule has 7 atom stereocenters. The van der Waals surface area contributed by atoms with Crippen LogP contribution in [0.2, 0.25) is 0 Å². The summed E-state index contributed by atoms with van der Waals surface area (Å²) in [6.45, 7) is 4.47. The number of esters is 1. The number of Topliss-reactive ketones (excluding diaryl/α,β-unsaturated/α-hetero) is 2. The second kappa shape index (κ2) is 8.32. The van der Waals surface area contributed by atoms with E-state index in [1.165, 1.54) is 6.42 Å². The SMILES string of the molecule is C[C@]12CCC(=O)C[C@@H]1CC[C@H]1[C@H]2CC[C@@]2(C)[C@@H]1CC[C@H]2C(=O)COC(=O)CCC(=O)O. The zero-order valence-corrected chi connectivity index (χ0v) is 18.9. The molecule has 0 radical (unpaired) electrons. The number of hydrogen-bond donors (Lipinski definition) is 1. The number of fused-ring (bicyclic) bond motifs is 5. The molecule has 4 saturated carbocycles. The van der Waals surface area contributed by atoms with E-state index in [2.05, 4.69) is 13.8 Å². The number of aliphatic carboxylic acids is 1. The first-order chi connectivity index (χ1) is 14.6. The van der Waals surface area contributed by atoms with E-state index in [-0.39, 0.29) is 42.0 Å². The number of carbonyl (C=O) groups is 4. The van der Waals surface area contributed by atoms with Crippen molar-refractivity contribution in [3.8, 4) is 0 Å². The summed E-state index contributed by atoms with van der Waals surface area (Å²) in [6, 6.07) is 0. The van der Waals surface area contributed by atoms with Gasteiger partial charge in [-0.3, -0.25) is 19.2 Å². The highest BCUT2D eigenvalue weighted by Gasteiger charge is 2.61. The lowest BCUT2D eigenvalue weighted by molar-refractivity contribution is -0.154. The van der Waals surface area contributed by atoms with Gasteiger partial charge in [0.1, 0.15) is 12.4 Å². The summed E-state index contributed by atoms with van der Waals surface area (Å²) in [7, 11) is 0. The van der Waals surface area contributed by atoms with Crippen LogP contribution in [0.15, 0.2) is 0 Å². The molecule has 31 heavy (non-hydrogen) atoms. The quantitative estimate of drug-likeness (QED) is 0.632. The molecule has 0 aromatic carbocycles. The molecule has 4 rings (SSSR count). The molecule has 0 aromatic heterocycles. The smallest absolute Gasteiger partial charge is 0.306 e. The van der Waals surface area contributed by atoms with Crippen LogP contribution in [-0.2, 0) is 23.9 Å². The minimum atomic E-state index is -1.04. The topological polar surface area (TPSA) is 97.7 Å². The molecule has 4 fully saturated rings. The minimum Gasteiger partial charge on any atom is -0.481 e. The lowest BCUT2D eigenvalue weighted by Crippen LogP contribution is -2.54. The van der Waals surface area contributed by atoms with Crippen LogP contribution in [0.3, 0.4) is 0 Å². The molecule has 6 nitrogen and oxygen atoms in total. The van der Waals surface area contributed by atoms with Crippen molar-refractivity contribution in [1.29, 1.82) is 0 Å². The van der Waals surface area contributed by atoms with Crippen LogP contribution in [0, 0.1) is 40.4 Å². The van der Waals surface area contributed by atoms with E-state index in [0.29, 0.717) is 29.5 Å². The Morgan fingerprint density at radius 1 is 0.968 bits per heavy atom. The molecular formula is C25H36O6. The molecule has 0 aromatic rings. The second-order valence-corrected chi connectivity index (χ2v) is 11.1. The number of carboxylic acid groups (broad SMARTS) is 1. The van der Waals surface area contributed by atoms with E-state index in [9.17, 15) is 19.2 Å². The van der Waals surface area contributed by atoms with Gasteiger partial charge < -0.3 is 9.84 Å². The van der Waals surface area contributed by atoms with Crippen LogP contribution in [0.1, 0.15) is 84.5 Å². The van der Waals surface area contributed by atoms with Crippen LogP contribution >= 0.6 is 0 Å². The van der Waals surface area contributed by atoms with E-state index < -0.39 is 11.9 Å². The summed E-state index contributed by atoms with van der Waals surface area (Å²) < 4.78 is 5.11. The standard InChI is InChI=1S/C25H36O6/c1-24-11-9-16(26)13-15(24)3-4-17-18-5-6-20(25(18,2)12-10-19(17)24)21(27)14-31-23(30)8-7-22(28)29/h15,17-20H,3-14H2,1-2H3,(H,28,29)/t15-,17+,18+,19+,20-,24-,25-/m0/s1. The highest BCUT2D eigenvalue weighted by molar-refractivity contribution is 5.86. The van der Waals surface area contributed by atoms with Crippen molar-refractivity contribution in [2.24, 2.45) is 40.4 Å².